The number of Topliss-reactive ketones (excluding diaryl/α,β-unsaturated/α-hetero) is 1. The summed E-state index contributed by atoms with van der Waals surface area (Å²) in [4.78, 5) is 75.7. The van der Waals surface area contributed by atoms with Crippen molar-refractivity contribution in [2.75, 3.05) is 19.7 Å². The lowest BCUT2D eigenvalue weighted by atomic mass is 9.93. The van der Waals surface area contributed by atoms with E-state index in [9.17, 15) is 28.8 Å². The van der Waals surface area contributed by atoms with Crippen molar-refractivity contribution in [1.82, 2.24) is 26.0 Å². The minimum atomic E-state index is -0.879. The smallest absolute Gasteiger partial charge is 0.319 e. The first-order chi connectivity index (χ1) is 18.8. The van der Waals surface area contributed by atoms with Gasteiger partial charge >= 0.3 is 11.9 Å². The Morgan fingerprint density at radius 3 is 2.52 bits per heavy atom. The Hall–Kier alpha value is -3.81. The first-order valence-corrected chi connectivity index (χ1v) is 13.3. The minimum Gasteiger partial charge on any atom is -0.391 e. The molecule has 4 amide bonds. The van der Waals surface area contributed by atoms with E-state index in [0.717, 1.165) is 0 Å². The number of hydrogen-bond acceptors (Lipinski definition) is 10. The molecule has 0 aromatic carbocycles. The van der Waals surface area contributed by atoms with Crippen LogP contribution >= 0.6 is 0 Å². The van der Waals surface area contributed by atoms with Crippen LogP contribution < -0.4 is 20.7 Å². The first kappa shape index (κ1) is 30.7. The van der Waals surface area contributed by atoms with Crippen LogP contribution in [0.4, 0.5) is 0 Å². The number of likely N-dealkylation sites (tertiary alicyclic amines) is 1. The molecule has 3 heterocycles. The predicted molar refractivity (Wildman–Crippen MR) is 138 cm³/mol. The molecule has 0 spiro atoms. The maximum Gasteiger partial charge on any atom is 0.319 e. The second-order valence-corrected chi connectivity index (χ2v) is 10.7. The molecule has 0 radical (unpaired) electrons. The number of nitrogens with zero attached hydrogens (tertiary/aromatic N) is 2. The van der Waals surface area contributed by atoms with Gasteiger partial charge in [-0.2, -0.15) is 0 Å². The Balaban J connectivity index is 1.44. The van der Waals surface area contributed by atoms with Crippen LogP contribution in [0.5, 0.6) is 5.95 Å². The fraction of sp³-hybridized carbons (Fsp3) is 0.654. The zero-order valence-corrected chi connectivity index (χ0v) is 23.4. The maximum absolute atomic E-state index is 12.9. The number of aromatic nitrogens is 1. The standard InChI is InChI=1S/C26H37N5O9/c1-6-22(35)39-23-10-16(30-40-23)9-19(32)27-11-20(33)29-18-8-15(4)31(25(18)37)12-21(34)28-17(7-14(2)3)24(36)26(5)13-38-26/h10,14-15,17-18H,6-9,11-13H2,1-5H3,(H,27,32)(H,28,34)(H,29,33)/t15?,17-,18-,26?/m0/s1. The quantitative estimate of drug-likeness (QED) is 0.199. The summed E-state index contributed by atoms with van der Waals surface area (Å²) in [5.74, 6) is -2.68. The van der Waals surface area contributed by atoms with Crippen LogP contribution in [0.15, 0.2) is 10.6 Å². The predicted octanol–water partition coefficient (Wildman–Crippen LogP) is -0.357. The maximum atomic E-state index is 12.9. The number of rotatable bonds is 14. The van der Waals surface area contributed by atoms with Crippen LogP contribution in [-0.4, -0.2) is 88.9 Å². The molecule has 2 aliphatic heterocycles. The number of carbonyl (C=O) groups is 6. The highest BCUT2D eigenvalue weighted by atomic mass is 16.6. The number of esters is 1. The summed E-state index contributed by atoms with van der Waals surface area (Å²) in [6.45, 7) is 8.64. The highest BCUT2D eigenvalue weighted by Crippen LogP contribution is 2.29. The summed E-state index contributed by atoms with van der Waals surface area (Å²) in [6, 6.07) is -0.602. The third-order valence-corrected chi connectivity index (χ3v) is 6.62. The van der Waals surface area contributed by atoms with Crippen LogP contribution in [-0.2, 0) is 39.9 Å². The number of ketones is 1. The van der Waals surface area contributed by atoms with Gasteiger partial charge in [0, 0.05) is 18.5 Å². The van der Waals surface area contributed by atoms with E-state index in [1.807, 2.05) is 13.8 Å². The Morgan fingerprint density at radius 1 is 1.20 bits per heavy atom. The molecule has 1 aromatic rings. The fourth-order valence-electron chi connectivity index (χ4n) is 4.32. The molecule has 14 heteroatoms. The van der Waals surface area contributed by atoms with Crippen molar-refractivity contribution in [2.24, 2.45) is 5.92 Å². The van der Waals surface area contributed by atoms with Gasteiger partial charge < -0.3 is 34.8 Å². The van der Waals surface area contributed by atoms with E-state index in [1.165, 1.54) is 11.0 Å². The monoisotopic (exact) mass is 563 g/mol. The summed E-state index contributed by atoms with van der Waals surface area (Å²) in [5.41, 5.74) is -0.669. The van der Waals surface area contributed by atoms with Crippen molar-refractivity contribution in [3.63, 3.8) is 0 Å². The molecule has 1 aromatic heterocycles. The Morgan fingerprint density at radius 2 is 1.90 bits per heavy atom. The normalized spacial score (nSPS) is 22.6. The van der Waals surface area contributed by atoms with E-state index in [-0.39, 0.29) is 61.7 Å². The molecular formula is C26H37N5O9. The molecule has 0 saturated carbocycles. The fourth-order valence-corrected chi connectivity index (χ4v) is 4.32. The van der Waals surface area contributed by atoms with E-state index in [1.54, 1.807) is 20.8 Å². The van der Waals surface area contributed by atoms with Crippen molar-refractivity contribution in [3.8, 4) is 5.95 Å². The number of carbonyl (C=O) groups excluding carboxylic acids is 6. The summed E-state index contributed by atoms with van der Waals surface area (Å²) in [5, 5.41) is 11.4. The molecule has 2 aliphatic rings. The second kappa shape index (κ2) is 13.0. The minimum absolute atomic E-state index is 0.132. The molecule has 0 aliphatic carbocycles. The van der Waals surface area contributed by atoms with Crippen LogP contribution in [0, 0.1) is 5.92 Å². The molecular weight excluding hydrogens is 526 g/mol. The zero-order valence-electron chi connectivity index (χ0n) is 23.4. The molecule has 3 N–H and O–H groups in total. The topological polar surface area (TPSA) is 190 Å². The number of hydrogen-bond donors (Lipinski definition) is 3. The van der Waals surface area contributed by atoms with Gasteiger partial charge in [0.1, 0.15) is 11.6 Å². The number of ether oxygens (including phenoxy) is 2. The van der Waals surface area contributed by atoms with Gasteiger partial charge in [-0.1, -0.05) is 25.9 Å². The number of amides is 4. The van der Waals surface area contributed by atoms with Crippen molar-refractivity contribution in [3.05, 3.63) is 11.8 Å². The highest BCUT2D eigenvalue weighted by molar-refractivity contribution is 5.98. The molecule has 220 valence electrons. The highest BCUT2D eigenvalue weighted by Gasteiger charge is 2.50. The van der Waals surface area contributed by atoms with Gasteiger partial charge in [-0.3, -0.25) is 28.8 Å². The lowest BCUT2D eigenvalue weighted by Gasteiger charge is -2.25. The van der Waals surface area contributed by atoms with Crippen LogP contribution in [0.1, 0.15) is 59.6 Å². The van der Waals surface area contributed by atoms with Gasteiger partial charge in [-0.15, -0.1) is 0 Å². The van der Waals surface area contributed by atoms with E-state index < -0.39 is 47.3 Å². The van der Waals surface area contributed by atoms with Crippen LogP contribution in [0.2, 0.25) is 0 Å². The third-order valence-electron chi connectivity index (χ3n) is 6.62. The Bertz CT molecular complexity index is 1140. The van der Waals surface area contributed by atoms with E-state index in [2.05, 4.69) is 21.1 Å². The molecule has 0 bridgehead atoms. The molecule has 2 saturated heterocycles. The molecule has 14 nitrogen and oxygen atoms in total. The third kappa shape index (κ3) is 8.34. The molecule has 3 rings (SSSR count). The summed E-state index contributed by atoms with van der Waals surface area (Å²) in [7, 11) is 0. The van der Waals surface area contributed by atoms with Crippen molar-refractivity contribution in [1.29, 1.82) is 0 Å². The largest absolute Gasteiger partial charge is 0.391 e. The first-order valence-electron chi connectivity index (χ1n) is 13.3. The second-order valence-electron chi connectivity index (χ2n) is 10.7. The lowest BCUT2D eigenvalue weighted by molar-refractivity contribution is -0.137. The van der Waals surface area contributed by atoms with Gasteiger partial charge in [0.2, 0.25) is 23.6 Å². The van der Waals surface area contributed by atoms with Crippen molar-refractivity contribution >= 4 is 35.4 Å². The molecule has 2 unspecified atom stereocenters. The van der Waals surface area contributed by atoms with E-state index >= 15 is 0 Å². The lowest BCUT2D eigenvalue weighted by Crippen LogP contribution is -2.51. The Kier molecular flexibility index (Phi) is 10.0. The summed E-state index contributed by atoms with van der Waals surface area (Å²) < 4.78 is 14.9. The van der Waals surface area contributed by atoms with Gasteiger partial charge in [0.15, 0.2) is 5.78 Å². The number of nitrogens with one attached hydrogen (secondary N) is 3. The average molecular weight is 564 g/mol. The summed E-state index contributed by atoms with van der Waals surface area (Å²) >= 11 is 0. The van der Waals surface area contributed by atoms with Crippen molar-refractivity contribution < 1.29 is 42.8 Å². The molecule has 4 atom stereocenters. The average Bonchev–Trinajstić information content (AvgIpc) is 3.41. The molecule has 40 heavy (non-hydrogen) atoms. The van der Waals surface area contributed by atoms with E-state index in [0.29, 0.717) is 13.0 Å². The van der Waals surface area contributed by atoms with Gasteiger partial charge in [-0.05, 0) is 32.6 Å². The Labute approximate surface area is 231 Å². The molecule has 2 fully saturated rings. The van der Waals surface area contributed by atoms with Crippen LogP contribution in [0.3, 0.4) is 0 Å². The van der Waals surface area contributed by atoms with Gasteiger partial charge in [0.05, 0.1) is 37.9 Å². The van der Waals surface area contributed by atoms with Crippen molar-refractivity contribution in [2.45, 2.75) is 84.0 Å². The SMILES string of the molecule is CCC(=O)Oc1cc(CC(=O)NCC(=O)N[C@H]2CC(C)N(CC(=O)N[C@@H](CC(C)C)C(=O)C3(C)CO3)C2=O)no1. The van der Waals surface area contributed by atoms with Crippen LogP contribution in [0.25, 0.3) is 0 Å². The zero-order chi connectivity index (χ0) is 29.6. The van der Waals surface area contributed by atoms with E-state index in [4.69, 9.17) is 14.0 Å². The van der Waals surface area contributed by atoms with Gasteiger partial charge in [-0.25, -0.2) is 0 Å². The van der Waals surface area contributed by atoms with Gasteiger partial charge in [0.25, 0.3) is 0 Å². The number of epoxide rings is 1. The summed E-state index contributed by atoms with van der Waals surface area (Å²) in [6.07, 6.45) is 0.661.